The number of halogens is 2. The Hall–Kier alpha value is -1.20. The fraction of sp³-hybridized carbons (Fsp3) is 0.400. The van der Waals surface area contributed by atoms with Crippen LogP contribution in [0.3, 0.4) is 0 Å². The lowest BCUT2D eigenvalue weighted by molar-refractivity contribution is -0.119. The van der Waals surface area contributed by atoms with E-state index in [2.05, 4.69) is 10.3 Å². The van der Waals surface area contributed by atoms with Crippen LogP contribution in [-0.2, 0) is 4.79 Å². The van der Waals surface area contributed by atoms with Crippen molar-refractivity contribution in [3.05, 3.63) is 16.1 Å². The average Bonchev–Trinajstić information content (AvgIpc) is 2.30. The van der Waals surface area contributed by atoms with Gasteiger partial charge in [-0.1, -0.05) is 23.2 Å². The molecule has 0 unspecified atom stereocenters. The van der Waals surface area contributed by atoms with Crippen LogP contribution >= 0.6 is 23.2 Å². The molecule has 0 aliphatic heterocycles. The van der Waals surface area contributed by atoms with Crippen molar-refractivity contribution < 1.29 is 4.79 Å². The molecule has 0 saturated carbocycles. The van der Waals surface area contributed by atoms with Crippen LogP contribution in [0.5, 0.6) is 0 Å². The maximum atomic E-state index is 11.3. The van der Waals surface area contributed by atoms with Gasteiger partial charge in [0.15, 0.2) is 0 Å². The Kier molecular flexibility index (Phi) is 4.84. The zero-order valence-corrected chi connectivity index (χ0v) is 11.1. The van der Waals surface area contributed by atoms with Crippen molar-refractivity contribution >= 4 is 40.7 Å². The number of aromatic nitrogens is 1. The summed E-state index contributed by atoms with van der Waals surface area (Å²) in [4.78, 5) is 17.1. The molecule has 17 heavy (non-hydrogen) atoms. The van der Waals surface area contributed by atoms with E-state index in [9.17, 15) is 4.79 Å². The summed E-state index contributed by atoms with van der Waals surface area (Å²) in [7, 11) is 1.57. The largest absolute Gasteiger partial charge is 0.382 e. The number of nitrogen functional groups attached to an aromatic ring is 1. The summed E-state index contributed by atoms with van der Waals surface area (Å²) in [5, 5.41) is 3.21. The fourth-order valence-electron chi connectivity index (χ4n) is 1.28. The molecule has 0 atom stereocenters. The SMILES string of the molecule is CCN(CC(=O)NC)c1nc(N)c(Cl)cc1Cl. The number of nitrogens with two attached hydrogens (primary N) is 1. The zero-order valence-electron chi connectivity index (χ0n) is 9.63. The Balaban J connectivity index is 3.03. The highest BCUT2D eigenvalue weighted by Crippen LogP contribution is 2.29. The van der Waals surface area contributed by atoms with Gasteiger partial charge in [-0.15, -0.1) is 0 Å². The first kappa shape index (κ1) is 13.9. The minimum Gasteiger partial charge on any atom is -0.382 e. The van der Waals surface area contributed by atoms with Gasteiger partial charge in [-0.05, 0) is 13.0 Å². The molecule has 5 nitrogen and oxygen atoms in total. The minimum absolute atomic E-state index is 0.127. The number of carbonyl (C=O) groups excluding carboxylic acids is 1. The lowest BCUT2D eigenvalue weighted by Gasteiger charge is -2.22. The van der Waals surface area contributed by atoms with E-state index in [4.69, 9.17) is 28.9 Å². The van der Waals surface area contributed by atoms with Crippen LogP contribution in [0.15, 0.2) is 6.07 Å². The second-order valence-electron chi connectivity index (χ2n) is 3.35. The first-order chi connectivity index (χ1) is 7.99. The lowest BCUT2D eigenvalue weighted by Crippen LogP contribution is -2.36. The van der Waals surface area contributed by atoms with E-state index in [1.807, 2.05) is 6.92 Å². The number of hydrogen-bond acceptors (Lipinski definition) is 4. The highest BCUT2D eigenvalue weighted by molar-refractivity contribution is 6.37. The molecule has 0 fully saturated rings. The normalized spacial score (nSPS) is 10.1. The zero-order chi connectivity index (χ0) is 13.0. The first-order valence-electron chi connectivity index (χ1n) is 5.06. The van der Waals surface area contributed by atoms with Gasteiger partial charge in [0.05, 0.1) is 16.6 Å². The van der Waals surface area contributed by atoms with Gasteiger partial charge in [-0.25, -0.2) is 4.98 Å². The number of carbonyl (C=O) groups is 1. The molecule has 0 aliphatic carbocycles. The van der Waals surface area contributed by atoms with Crippen molar-refractivity contribution in [2.45, 2.75) is 6.92 Å². The Morgan fingerprint density at radius 3 is 2.71 bits per heavy atom. The van der Waals surface area contributed by atoms with Crippen LogP contribution in [0, 0.1) is 0 Å². The monoisotopic (exact) mass is 276 g/mol. The van der Waals surface area contributed by atoms with Gasteiger partial charge in [0.25, 0.3) is 0 Å². The van der Waals surface area contributed by atoms with Crippen LogP contribution in [0.1, 0.15) is 6.92 Å². The molecule has 0 aromatic carbocycles. The molecule has 3 N–H and O–H groups in total. The van der Waals surface area contributed by atoms with Gasteiger partial charge in [0.1, 0.15) is 11.6 Å². The smallest absolute Gasteiger partial charge is 0.239 e. The molecule has 1 aromatic rings. The number of rotatable bonds is 4. The van der Waals surface area contributed by atoms with Crippen LogP contribution in [0.4, 0.5) is 11.6 Å². The van der Waals surface area contributed by atoms with Gasteiger partial charge < -0.3 is 16.0 Å². The molecule has 1 heterocycles. The first-order valence-corrected chi connectivity index (χ1v) is 5.82. The van der Waals surface area contributed by atoms with Crippen molar-refractivity contribution in [2.24, 2.45) is 0 Å². The van der Waals surface area contributed by atoms with Gasteiger partial charge in [0.2, 0.25) is 5.91 Å². The van der Waals surface area contributed by atoms with Gasteiger partial charge in [-0.2, -0.15) is 0 Å². The van der Waals surface area contributed by atoms with E-state index >= 15 is 0 Å². The molecule has 1 amide bonds. The van der Waals surface area contributed by atoms with Crippen molar-refractivity contribution in [1.29, 1.82) is 0 Å². The van der Waals surface area contributed by atoms with Gasteiger partial charge in [0, 0.05) is 13.6 Å². The van der Waals surface area contributed by atoms with Crippen LogP contribution in [0.25, 0.3) is 0 Å². The van der Waals surface area contributed by atoms with Crippen molar-refractivity contribution in [3.63, 3.8) is 0 Å². The van der Waals surface area contributed by atoms with E-state index < -0.39 is 0 Å². The summed E-state index contributed by atoms with van der Waals surface area (Å²) < 4.78 is 0. The molecule has 0 aliphatic rings. The fourth-order valence-corrected chi connectivity index (χ4v) is 1.76. The number of likely N-dealkylation sites (N-methyl/N-ethyl adjacent to an activating group) is 2. The molecular formula is C10H14Cl2N4O. The third-order valence-corrected chi connectivity index (χ3v) is 2.81. The minimum atomic E-state index is -0.127. The molecule has 1 aromatic heterocycles. The highest BCUT2D eigenvalue weighted by atomic mass is 35.5. The molecule has 7 heteroatoms. The summed E-state index contributed by atoms with van der Waals surface area (Å²) in [5.41, 5.74) is 5.62. The number of amides is 1. The number of nitrogens with zero attached hydrogens (tertiary/aromatic N) is 2. The number of hydrogen-bond donors (Lipinski definition) is 2. The van der Waals surface area contributed by atoms with E-state index in [1.165, 1.54) is 6.07 Å². The summed E-state index contributed by atoms with van der Waals surface area (Å²) in [6.45, 7) is 2.65. The number of nitrogens with one attached hydrogen (secondary N) is 1. The molecule has 0 spiro atoms. The van der Waals surface area contributed by atoms with Crippen molar-refractivity contribution in [2.75, 3.05) is 30.8 Å². The van der Waals surface area contributed by atoms with Crippen molar-refractivity contribution in [3.8, 4) is 0 Å². The lowest BCUT2D eigenvalue weighted by atomic mass is 10.3. The Morgan fingerprint density at radius 1 is 1.53 bits per heavy atom. The van der Waals surface area contributed by atoms with Crippen molar-refractivity contribution in [1.82, 2.24) is 10.3 Å². The number of anilines is 2. The molecular weight excluding hydrogens is 263 g/mol. The van der Waals surface area contributed by atoms with Gasteiger partial charge in [-0.3, -0.25) is 4.79 Å². The maximum Gasteiger partial charge on any atom is 0.239 e. The summed E-state index contributed by atoms with van der Waals surface area (Å²) in [5.74, 6) is 0.527. The maximum absolute atomic E-state index is 11.3. The van der Waals surface area contributed by atoms with E-state index in [-0.39, 0.29) is 18.3 Å². The quantitative estimate of drug-likeness (QED) is 0.875. The van der Waals surface area contributed by atoms with Crippen LogP contribution in [-0.4, -0.2) is 31.0 Å². The molecule has 0 bridgehead atoms. The average molecular weight is 277 g/mol. The predicted molar refractivity (Wildman–Crippen MR) is 70.6 cm³/mol. The highest BCUT2D eigenvalue weighted by Gasteiger charge is 2.15. The molecule has 0 radical (unpaired) electrons. The van der Waals surface area contributed by atoms with Crippen LogP contribution < -0.4 is 16.0 Å². The molecule has 0 saturated heterocycles. The van der Waals surface area contributed by atoms with E-state index in [0.29, 0.717) is 22.4 Å². The van der Waals surface area contributed by atoms with Gasteiger partial charge >= 0.3 is 0 Å². The van der Waals surface area contributed by atoms with E-state index in [0.717, 1.165) is 0 Å². The summed E-state index contributed by atoms with van der Waals surface area (Å²) in [6, 6.07) is 1.52. The predicted octanol–water partition coefficient (Wildman–Crippen LogP) is 1.54. The topological polar surface area (TPSA) is 71.2 Å². The van der Waals surface area contributed by atoms with E-state index in [1.54, 1.807) is 11.9 Å². The Labute approximate surface area is 110 Å². The summed E-state index contributed by atoms with van der Waals surface area (Å²) >= 11 is 11.8. The standard InChI is InChI=1S/C10H14Cl2N4O/c1-3-16(5-8(17)14-2)10-7(12)4-6(11)9(13)15-10/h4H,3,5H2,1-2H3,(H2,13,15)(H,14,17). The second-order valence-corrected chi connectivity index (χ2v) is 4.16. The second kappa shape index (κ2) is 5.93. The molecule has 1 rings (SSSR count). The third kappa shape index (κ3) is 3.38. The Morgan fingerprint density at radius 2 is 2.18 bits per heavy atom. The number of pyridine rings is 1. The summed E-state index contributed by atoms with van der Waals surface area (Å²) in [6.07, 6.45) is 0. The molecule has 94 valence electrons. The Bertz CT molecular complexity index is 425. The van der Waals surface area contributed by atoms with Crippen LogP contribution in [0.2, 0.25) is 10.0 Å². The third-order valence-electron chi connectivity index (χ3n) is 2.23.